The molecule has 2 amide bonds. The molecule has 0 N–H and O–H groups in total. The number of carbonyl (C=O) groups is 2. The molecule has 2 saturated heterocycles. The summed E-state index contributed by atoms with van der Waals surface area (Å²) in [4.78, 5) is 30.4. The van der Waals surface area contributed by atoms with Gasteiger partial charge in [-0.1, -0.05) is 30.3 Å². The van der Waals surface area contributed by atoms with Gasteiger partial charge in [0, 0.05) is 44.8 Å². The van der Waals surface area contributed by atoms with Crippen molar-refractivity contribution in [3.63, 3.8) is 0 Å². The fourth-order valence-corrected chi connectivity index (χ4v) is 3.63. The summed E-state index contributed by atoms with van der Waals surface area (Å²) in [6.45, 7) is 11.5. The van der Waals surface area contributed by atoms with E-state index in [0.29, 0.717) is 38.8 Å². The number of likely N-dealkylation sites (tertiary alicyclic amines) is 1. The molecule has 3 rings (SSSR count). The lowest BCUT2D eigenvalue weighted by Crippen LogP contribution is -2.67. The Bertz CT molecular complexity index is 683. The zero-order valence-electron chi connectivity index (χ0n) is 17.3. The summed E-state index contributed by atoms with van der Waals surface area (Å²) in [6, 6.07) is 10.2. The van der Waals surface area contributed by atoms with Gasteiger partial charge in [0.1, 0.15) is 12.2 Å². The van der Waals surface area contributed by atoms with Gasteiger partial charge in [0.05, 0.1) is 0 Å². The first-order valence-electron chi connectivity index (χ1n) is 9.92. The number of hydrogen-bond acceptors (Lipinski definition) is 5. The van der Waals surface area contributed by atoms with E-state index in [2.05, 4.69) is 11.8 Å². The predicted molar refractivity (Wildman–Crippen MR) is 106 cm³/mol. The zero-order chi connectivity index (χ0) is 20.3. The fourth-order valence-electron chi connectivity index (χ4n) is 3.63. The summed E-state index contributed by atoms with van der Waals surface area (Å²) in [5, 5.41) is 0. The molecule has 0 saturated carbocycles. The van der Waals surface area contributed by atoms with Gasteiger partial charge < -0.3 is 19.3 Å². The number of hydrogen-bond donors (Lipinski definition) is 0. The highest BCUT2D eigenvalue weighted by atomic mass is 16.6. The van der Waals surface area contributed by atoms with E-state index in [0.717, 1.165) is 12.1 Å². The molecule has 154 valence electrons. The summed E-state index contributed by atoms with van der Waals surface area (Å²) in [5.41, 5.74) is 0.514. The Hall–Kier alpha value is -2.28. The van der Waals surface area contributed by atoms with Crippen LogP contribution in [-0.4, -0.2) is 77.3 Å². The minimum absolute atomic E-state index is 0.226. The highest BCUT2D eigenvalue weighted by molar-refractivity contribution is 5.69. The van der Waals surface area contributed by atoms with Gasteiger partial charge in [-0.15, -0.1) is 0 Å². The van der Waals surface area contributed by atoms with Crippen molar-refractivity contribution >= 4 is 12.2 Å². The van der Waals surface area contributed by atoms with E-state index in [1.807, 2.05) is 51.1 Å². The van der Waals surface area contributed by atoms with Gasteiger partial charge in [0.15, 0.2) is 0 Å². The van der Waals surface area contributed by atoms with Crippen molar-refractivity contribution in [3.05, 3.63) is 35.9 Å². The van der Waals surface area contributed by atoms with Gasteiger partial charge in [-0.25, -0.2) is 9.59 Å². The highest BCUT2D eigenvalue weighted by Crippen LogP contribution is 2.23. The lowest BCUT2D eigenvalue weighted by Gasteiger charge is -2.50. The average molecular weight is 389 g/mol. The van der Waals surface area contributed by atoms with Gasteiger partial charge in [-0.2, -0.15) is 0 Å². The van der Waals surface area contributed by atoms with Crippen LogP contribution >= 0.6 is 0 Å². The number of rotatable bonds is 3. The summed E-state index contributed by atoms with van der Waals surface area (Å²) in [5.74, 6) is 0. The molecule has 0 spiro atoms. The second-order valence-electron chi connectivity index (χ2n) is 8.61. The molecule has 7 heteroatoms. The quantitative estimate of drug-likeness (QED) is 0.795. The molecule has 0 aliphatic carbocycles. The zero-order valence-corrected chi connectivity index (χ0v) is 17.3. The van der Waals surface area contributed by atoms with Crippen LogP contribution in [0.15, 0.2) is 30.3 Å². The van der Waals surface area contributed by atoms with Gasteiger partial charge in [-0.05, 0) is 33.3 Å². The average Bonchev–Trinajstić information content (AvgIpc) is 2.59. The third-order valence-electron chi connectivity index (χ3n) is 5.13. The standard InChI is InChI=1S/C21H31N3O4/c1-16-12-22(19(25)27-15-17-8-6-5-7-9-17)10-11-24(16)18-13-23(14-18)20(26)28-21(2,3)4/h5-9,16,18H,10-15H2,1-4H3/t16-/m0/s1. The summed E-state index contributed by atoms with van der Waals surface area (Å²) >= 11 is 0. The minimum atomic E-state index is -0.471. The van der Waals surface area contributed by atoms with Crippen molar-refractivity contribution in [1.29, 1.82) is 0 Å². The van der Waals surface area contributed by atoms with Crippen molar-refractivity contribution in [2.24, 2.45) is 0 Å². The maximum Gasteiger partial charge on any atom is 0.410 e. The lowest BCUT2D eigenvalue weighted by molar-refractivity contribution is -0.0387. The monoisotopic (exact) mass is 389 g/mol. The molecule has 0 unspecified atom stereocenters. The largest absolute Gasteiger partial charge is 0.445 e. The Labute approximate surface area is 167 Å². The Balaban J connectivity index is 1.42. The molecule has 1 aromatic carbocycles. The van der Waals surface area contributed by atoms with Crippen molar-refractivity contribution < 1.29 is 19.1 Å². The van der Waals surface area contributed by atoms with Gasteiger partial charge in [-0.3, -0.25) is 4.90 Å². The molecule has 2 aliphatic heterocycles. The number of nitrogens with zero attached hydrogens (tertiary/aromatic N) is 3. The van der Waals surface area contributed by atoms with E-state index in [-0.39, 0.29) is 18.2 Å². The molecule has 2 aliphatic rings. The Kier molecular flexibility index (Phi) is 6.13. The molecule has 0 aromatic heterocycles. The van der Waals surface area contributed by atoms with Crippen LogP contribution in [0.5, 0.6) is 0 Å². The van der Waals surface area contributed by atoms with Crippen LogP contribution in [-0.2, 0) is 16.1 Å². The van der Waals surface area contributed by atoms with Crippen molar-refractivity contribution in [2.75, 3.05) is 32.7 Å². The summed E-state index contributed by atoms with van der Waals surface area (Å²) in [7, 11) is 0. The predicted octanol–water partition coefficient (Wildman–Crippen LogP) is 2.95. The molecule has 0 bridgehead atoms. The van der Waals surface area contributed by atoms with E-state index in [4.69, 9.17) is 9.47 Å². The lowest BCUT2D eigenvalue weighted by atomic mass is 10.0. The fraction of sp³-hybridized carbons (Fsp3) is 0.619. The van der Waals surface area contributed by atoms with E-state index < -0.39 is 5.60 Å². The second kappa shape index (κ2) is 8.39. The maximum absolute atomic E-state index is 12.4. The molecule has 0 radical (unpaired) electrons. The van der Waals surface area contributed by atoms with Crippen LogP contribution in [0.4, 0.5) is 9.59 Å². The van der Waals surface area contributed by atoms with Crippen molar-refractivity contribution in [3.8, 4) is 0 Å². The van der Waals surface area contributed by atoms with Crippen LogP contribution in [0.25, 0.3) is 0 Å². The van der Waals surface area contributed by atoms with E-state index in [1.165, 1.54) is 0 Å². The van der Waals surface area contributed by atoms with Crippen LogP contribution in [0, 0.1) is 0 Å². The Morgan fingerprint density at radius 3 is 2.29 bits per heavy atom. The molecular formula is C21H31N3O4. The first kappa shape index (κ1) is 20.5. The maximum atomic E-state index is 12.4. The number of carbonyl (C=O) groups excluding carboxylic acids is 2. The van der Waals surface area contributed by atoms with Crippen LogP contribution in [0.2, 0.25) is 0 Å². The van der Waals surface area contributed by atoms with E-state index >= 15 is 0 Å². The molecule has 1 aromatic rings. The van der Waals surface area contributed by atoms with Crippen LogP contribution in [0.1, 0.15) is 33.3 Å². The Morgan fingerprint density at radius 2 is 1.68 bits per heavy atom. The molecule has 1 atom stereocenters. The number of piperazine rings is 1. The number of amides is 2. The van der Waals surface area contributed by atoms with Crippen molar-refractivity contribution in [2.45, 2.75) is 52.0 Å². The second-order valence-corrected chi connectivity index (χ2v) is 8.61. The van der Waals surface area contributed by atoms with Crippen LogP contribution in [0.3, 0.4) is 0 Å². The molecule has 7 nitrogen and oxygen atoms in total. The van der Waals surface area contributed by atoms with Gasteiger partial charge >= 0.3 is 12.2 Å². The van der Waals surface area contributed by atoms with Crippen LogP contribution < -0.4 is 0 Å². The van der Waals surface area contributed by atoms with Gasteiger partial charge in [0.2, 0.25) is 0 Å². The normalized spacial score (nSPS) is 21.2. The van der Waals surface area contributed by atoms with E-state index in [1.54, 1.807) is 9.80 Å². The highest BCUT2D eigenvalue weighted by Gasteiger charge is 2.40. The van der Waals surface area contributed by atoms with Gasteiger partial charge in [0.25, 0.3) is 0 Å². The molecular weight excluding hydrogens is 358 g/mol. The first-order valence-corrected chi connectivity index (χ1v) is 9.92. The summed E-state index contributed by atoms with van der Waals surface area (Å²) < 4.78 is 10.9. The van der Waals surface area contributed by atoms with Crippen molar-refractivity contribution in [1.82, 2.24) is 14.7 Å². The topological polar surface area (TPSA) is 62.3 Å². The smallest absolute Gasteiger partial charge is 0.410 e. The third-order valence-corrected chi connectivity index (χ3v) is 5.13. The number of benzene rings is 1. The SMILES string of the molecule is C[C@H]1CN(C(=O)OCc2ccccc2)CCN1C1CN(C(=O)OC(C)(C)C)C1. The Morgan fingerprint density at radius 1 is 1.00 bits per heavy atom. The molecule has 2 heterocycles. The summed E-state index contributed by atoms with van der Waals surface area (Å²) in [6.07, 6.45) is -0.515. The number of ether oxygens (including phenoxy) is 2. The molecule has 2 fully saturated rings. The van der Waals surface area contributed by atoms with E-state index in [9.17, 15) is 9.59 Å². The minimum Gasteiger partial charge on any atom is -0.445 e. The first-order chi connectivity index (χ1) is 13.2. The molecule has 28 heavy (non-hydrogen) atoms. The third kappa shape index (κ3) is 5.16.